The van der Waals surface area contributed by atoms with Crippen LogP contribution < -0.4 is 0 Å². The summed E-state index contributed by atoms with van der Waals surface area (Å²) in [5.74, 6) is 0. The van der Waals surface area contributed by atoms with E-state index in [4.69, 9.17) is 0 Å². The summed E-state index contributed by atoms with van der Waals surface area (Å²) in [6.45, 7) is 10.9. The smallest absolute Gasteiger partial charge is 0.267 e. The molecule has 0 rings (SSSR count). The maximum Gasteiger partial charge on any atom is 0.267 e. The zero-order valence-corrected chi connectivity index (χ0v) is 11.5. The Kier molecular flexibility index (Phi) is 7.13. The van der Waals surface area contributed by atoms with Crippen LogP contribution in [0.2, 0.25) is 14.8 Å². The number of nitrogens with zero attached hydrogens (tertiary/aromatic N) is 1. The molecule has 0 heterocycles. The van der Waals surface area contributed by atoms with Gasteiger partial charge >= 0.3 is 0 Å². The minimum Gasteiger partial charge on any atom is -0.309 e. The van der Waals surface area contributed by atoms with Crippen molar-refractivity contribution >= 4 is 14.1 Å². The van der Waals surface area contributed by atoms with Gasteiger partial charge in [0.15, 0.2) is 0 Å². The number of hydrogen-bond donors (Lipinski definition) is 0. The molecule has 13 heavy (non-hydrogen) atoms. The molecular formula is C11H26AlN. The molecule has 2 heteroatoms. The Morgan fingerprint density at radius 3 is 1.77 bits per heavy atom. The lowest BCUT2D eigenvalue weighted by molar-refractivity contribution is 0.407. The molecule has 0 aromatic rings. The standard InChI is InChI=1S/C5H12N.2C3H7.Al/c1-4-5-6(2)3;2*1-3-2;/h1,4-5H2,2-3H3;2*3H,1-2H3;. The molecule has 0 aromatic heterocycles. The molecule has 0 aliphatic rings. The zero-order valence-electron chi connectivity index (χ0n) is 10.3. The van der Waals surface area contributed by atoms with Crippen LogP contribution in [0.1, 0.15) is 34.1 Å². The van der Waals surface area contributed by atoms with E-state index in [-0.39, 0.29) is 0 Å². The molecule has 0 amide bonds. The first-order valence-electron chi connectivity index (χ1n) is 5.59. The van der Waals surface area contributed by atoms with Crippen molar-refractivity contribution in [3.05, 3.63) is 0 Å². The summed E-state index contributed by atoms with van der Waals surface area (Å²) < 4.78 is 1.95. The van der Waals surface area contributed by atoms with Crippen molar-refractivity contribution in [2.45, 2.75) is 49.0 Å². The first kappa shape index (κ1) is 13.5. The predicted molar refractivity (Wildman–Crippen MR) is 63.9 cm³/mol. The highest BCUT2D eigenvalue weighted by atomic mass is 27.2. The second-order valence-corrected chi connectivity index (χ2v) is 9.67. The Morgan fingerprint density at radius 1 is 1.00 bits per heavy atom. The third-order valence-corrected chi connectivity index (χ3v) is 7.36. The van der Waals surface area contributed by atoms with Crippen molar-refractivity contribution in [2.75, 3.05) is 20.6 Å². The molecule has 0 radical (unpaired) electrons. The topological polar surface area (TPSA) is 3.24 Å². The molecule has 78 valence electrons. The summed E-state index contributed by atoms with van der Waals surface area (Å²) in [5.41, 5.74) is 0. The Morgan fingerprint density at radius 2 is 1.46 bits per heavy atom. The second-order valence-electron chi connectivity index (χ2n) is 5.10. The Balaban J connectivity index is 3.70. The molecule has 0 saturated heterocycles. The van der Waals surface area contributed by atoms with Gasteiger partial charge < -0.3 is 4.90 Å². The minimum atomic E-state index is -0.466. The van der Waals surface area contributed by atoms with Crippen LogP contribution in [-0.2, 0) is 0 Å². The molecule has 0 N–H and O–H groups in total. The fourth-order valence-electron chi connectivity index (χ4n) is 2.08. The largest absolute Gasteiger partial charge is 0.309 e. The van der Waals surface area contributed by atoms with Gasteiger partial charge in [-0.2, -0.15) is 0 Å². The van der Waals surface area contributed by atoms with Crippen LogP contribution >= 0.6 is 0 Å². The van der Waals surface area contributed by atoms with Crippen LogP contribution in [-0.4, -0.2) is 39.7 Å². The first-order chi connectivity index (χ1) is 5.95. The first-order valence-corrected chi connectivity index (χ1v) is 7.74. The van der Waals surface area contributed by atoms with Crippen molar-refractivity contribution in [1.82, 2.24) is 4.90 Å². The normalized spacial score (nSPS) is 11.8. The Hall–Kier alpha value is 0.492. The molecule has 0 fully saturated rings. The van der Waals surface area contributed by atoms with Gasteiger partial charge in [0, 0.05) is 0 Å². The highest BCUT2D eigenvalue weighted by molar-refractivity contribution is 6.61. The van der Waals surface area contributed by atoms with Crippen LogP contribution in [0, 0.1) is 0 Å². The van der Waals surface area contributed by atoms with Gasteiger partial charge in [-0.1, -0.05) is 49.0 Å². The van der Waals surface area contributed by atoms with Crippen LogP contribution in [0.15, 0.2) is 0 Å². The molecule has 1 nitrogen and oxygen atoms in total. The van der Waals surface area contributed by atoms with E-state index in [0.29, 0.717) is 0 Å². The lowest BCUT2D eigenvalue weighted by atomic mass is 10.4. The number of hydrogen-bond acceptors (Lipinski definition) is 1. The summed E-state index contributed by atoms with van der Waals surface area (Å²) in [6.07, 6.45) is 1.40. The van der Waals surface area contributed by atoms with Gasteiger partial charge in [0.2, 0.25) is 0 Å². The fraction of sp³-hybridized carbons (Fsp3) is 1.00. The maximum atomic E-state index is 2.41. The second kappa shape index (κ2) is 6.87. The van der Waals surface area contributed by atoms with E-state index in [1.807, 2.05) is 0 Å². The highest BCUT2D eigenvalue weighted by Gasteiger charge is 2.23. The fourth-order valence-corrected chi connectivity index (χ4v) is 5.61. The SMILES string of the molecule is C[CH](C)[Al]([CH2]CCN(C)C)[CH](C)C. The lowest BCUT2D eigenvalue weighted by Crippen LogP contribution is -2.23. The minimum absolute atomic E-state index is 0.466. The third-order valence-electron chi connectivity index (χ3n) is 2.86. The number of rotatable bonds is 6. The molecular weight excluding hydrogens is 173 g/mol. The van der Waals surface area contributed by atoms with Crippen LogP contribution in [0.5, 0.6) is 0 Å². The van der Waals surface area contributed by atoms with Gasteiger partial charge in [-0.3, -0.25) is 0 Å². The van der Waals surface area contributed by atoms with E-state index in [1.165, 1.54) is 18.2 Å². The van der Waals surface area contributed by atoms with Crippen molar-refractivity contribution in [3.63, 3.8) is 0 Å². The van der Waals surface area contributed by atoms with E-state index in [1.54, 1.807) is 0 Å². The van der Waals surface area contributed by atoms with Crippen LogP contribution in [0.4, 0.5) is 0 Å². The summed E-state index contributed by atoms with van der Waals surface area (Å²) in [7, 11) is 4.34. The summed E-state index contributed by atoms with van der Waals surface area (Å²) >= 11 is -0.466. The average molecular weight is 199 g/mol. The third kappa shape index (κ3) is 6.55. The van der Waals surface area contributed by atoms with E-state index in [2.05, 4.69) is 46.7 Å². The van der Waals surface area contributed by atoms with Crippen LogP contribution in [0.3, 0.4) is 0 Å². The van der Waals surface area contributed by atoms with E-state index >= 15 is 0 Å². The van der Waals surface area contributed by atoms with Gasteiger partial charge in [0.05, 0.1) is 0 Å². The maximum absolute atomic E-state index is 2.41. The Bertz CT molecular complexity index is 113. The highest BCUT2D eigenvalue weighted by Crippen LogP contribution is 2.24. The molecule has 0 aliphatic heterocycles. The summed E-state index contributed by atoms with van der Waals surface area (Å²) in [6, 6.07) is 0. The molecule has 0 unspecified atom stereocenters. The van der Waals surface area contributed by atoms with Gasteiger partial charge in [0.1, 0.15) is 0 Å². The molecule has 0 aliphatic carbocycles. The quantitative estimate of drug-likeness (QED) is 0.593. The van der Waals surface area contributed by atoms with Gasteiger partial charge in [-0.05, 0) is 20.6 Å². The monoisotopic (exact) mass is 199 g/mol. The van der Waals surface area contributed by atoms with Crippen molar-refractivity contribution in [1.29, 1.82) is 0 Å². The van der Waals surface area contributed by atoms with E-state index < -0.39 is 14.1 Å². The molecule has 0 saturated carbocycles. The molecule has 0 aromatic carbocycles. The average Bonchev–Trinajstić information content (AvgIpc) is 1.95. The summed E-state index contributed by atoms with van der Waals surface area (Å²) in [4.78, 5) is 2.30. The molecule has 0 atom stereocenters. The van der Waals surface area contributed by atoms with E-state index in [0.717, 1.165) is 9.56 Å². The lowest BCUT2D eigenvalue weighted by Gasteiger charge is -2.20. The van der Waals surface area contributed by atoms with Crippen molar-refractivity contribution in [3.8, 4) is 0 Å². The van der Waals surface area contributed by atoms with Crippen molar-refractivity contribution in [2.24, 2.45) is 0 Å². The zero-order chi connectivity index (χ0) is 10.4. The van der Waals surface area contributed by atoms with Gasteiger partial charge in [-0.15, -0.1) is 0 Å². The molecule has 0 bridgehead atoms. The van der Waals surface area contributed by atoms with Gasteiger partial charge in [-0.25, -0.2) is 0 Å². The predicted octanol–water partition coefficient (Wildman–Crippen LogP) is 3.25. The molecule has 0 spiro atoms. The summed E-state index contributed by atoms with van der Waals surface area (Å²) in [5, 5.41) is 1.52. The Labute approximate surface area is 88.9 Å². The van der Waals surface area contributed by atoms with Crippen LogP contribution in [0.25, 0.3) is 0 Å². The van der Waals surface area contributed by atoms with Gasteiger partial charge in [0.25, 0.3) is 14.1 Å². The van der Waals surface area contributed by atoms with Crippen molar-refractivity contribution < 1.29 is 0 Å². The van der Waals surface area contributed by atoms with E-state index in [9.17, 15) is 0 Å².